The molecule has 0 atom stereocenters. The molecule has 0 aliphatic carbocycles. The van der Waals surface area contributed by atoms with Crippen molar-refractivity contribution in [3.8, 4) is 0 Å². The van der Waals surface area contributed by atoms with Crippen molar-refractivity contribution in [2.75, 3.05) is 6.61 Å². The van der Waals surface area contributed by atoms with Gasteiger partial charge in [0, 0.05) is 12.2 Å². The Balaban J connectivity index is 2.68. The molecule has 2 nitrogen and oxygen atoms in total. The third-order valence-corrected chi connectivity index (χ3v) is 2.45. The Morgan fingerprint density at radius 1 is 1.50 bits per heavy atom. The fourth-order valence-electron chi connectivity index (χ4n) is 1.35. The van der Waals surface area contributed by atoms with Crippen molar-refractivity contribution in [2.45, 2.75) is 26.4 Å². The molecule has 0 amide bonds. The Morgan fingerprint density at radius 2 is 2.25 bits per heavy atom. The first-order valence-electron chi connectivity index (χ1n) is 5.31. The van der Waals surface area contributed by atoms with Crippen LogP contribution in [0.1, 0.15) is 30.9 Å². The minimum Gasteiger partial charge on any atom is -0.389 e. The first-order valence-corrected chi connectivity index (χ1v) is 5.72. The van der Waals surface area contributed by atoms with Crippen LogP contribution in [0.2, 0.25) is 0 Å². The van der Waals surface area contributed by atoms with Crippen LogP contribution in [0, 0.1) is 5.82 Å². The number of thiocarbonyl (C=S) groups is 1. The molecule has 2 N–H and O–H groups in total. The molecule has 1 aromatic carbocycles. The van der Waals surface area contributed by atoms with E-state index in [0.717, 1.165) is 12.8 Å². The number of benzene rings is 1. The SMILES string of the molecule is CCCCOCc1cc(F)ccc1C(N)=S. The van der Waals surface area contributed by atoms with Gasteiger partial charge < -0.3 is 10.5 Å². The van der Waals surface area contributed by atoms with E-state index in [9.17, 15) is 4.39 Å². The third-order valence-electron chi connectivity index (χ3n) is 2.23. The van der Waals surface area contributed by atoms with Gasteiger partial charge in [-0.3, -0.25) is 0 Å². The van der Waals surface area contributed by atoms with Gasteiger partial charge >= 0.3 is 0 Å². The van der Waals surface area contributed by atoms with E-state index in [1.807, 2.05) is 0 Å². The lowest BCUT2D eigenvalue weighted by atomic mass is 10.1. The van der Waals surface area contributed by atoms with Crippen LogP contribution in [0.3, 0.4) is 0 Å². The Morgan fingerprint density at radius 3 is 2.88 bits per heavy atom. The van der Waals surface area contributed by atoms with Crippen LogP contribution in [0.25, 0.3) is 0 Å². The summed E-state index contributed by atoms with van der Waals surface area (Å²) in [4.78, 5) is 0.272. The molecule has 0 saturated heterocycles. The van der Waals surface area contributed by atoms with E-state index in [2.05, 4.69) is 6.92 Å². The lowest BCUT2D eigenvalue weighted by Gasteiger charge is -2.09. The average molecular weight is 241 g/mol. The first kappa shape index (κ1) is 13.1. The van der Waals surface area contributed by atoms with E-state index in [4.69, 9.17) is 22.7 Å². The summed E-state index contributed by atoms with van der Waals surface area (Å²) >= 11 is 4.89. The second-order valence-electron chi connectivity index (χ2n) is 3.57. The summed E-state index contributed by atoms with van der Waals surface area (Å²) in [6.07, 6.45) is 2.07. The third kappa shape index (κ3) is 3.87. The predicted octanol–water partition coefficient (Wildman–Crippen LogP) is 2.78. The van der Waals surface area contributed by atoms with Gasteiger partial charge in [-0.05, 0) is 30.2 Å². The highest BCUT2D eigenvalue weighted by molar-refractivity contribution is 7.80. The summed E-state index contributed by atoms with van der Waals surface area (Å²) in [6.45, 7) is 3.11. The molecule has 0 aliphatic heterocycles. The molecule has 1 aromatic rings. The molecule has 1 rings (SSSR count). The molecule has 0 radical (unpaired) electrons. The molecular formula is C12H16FNOS. The second-order valence-corrected chi connectivity index (χ2v) is 4.01. The summed E-state index contributed by atoms with van der Waals surface area (Å²) in [7, 11) is 0. The fourth-order valence-corrected chi connectivity index (χ4v) is 1.55. The maximum absolute atomic E-state index is 13.0. The van der Waals surface area contributed by atoms with Crippen molar-refractivity contribution in [1.29, 1.82) is 0 Å². The zero-order valence-electron chi connectivity index (χ0n) is 9.33. The van der Waals surface area contributed by atoms with Gasteiger partial charge in [0.1, 0.15) is 10.8 Å². The molecule has 0 spiro atoms. The molecule has 0 aromatic heterocycles. The molecule has 0 saturated carbocycles. The largest absolute Gasteiger partial charge is 0.389 e. The molecule has 4 heteroatoms. The molecule has 0 bridgehead atoms. The van der Waals surface area contributed by atoms with Crippen LogP contribution < -0.4 is 5.73 Å². The van der Waals surface area contributed by atoms with Crippen molar-refractivity contribution in [1.82, 2.24) is 0 Å². The standard InChI is InChI=1S/C12H16FNOS/c1-2-3-6-15-8-9-7-10(13)4-5-11(9)12(14)16/h4-5,7H,2-3,6,8H2,1H3,(H2,14,16). The summed E-state index contributed by atoms with van der Waals surface area (Å²) in [5, 5.41) is 0. The highest BCUT2D eigenvalue weighted by Gasteiger charge is 2.06. The molecular weight excluding hydrogens is 225 g/mol. The van der Waals surface area contributed by atoms with Crippen LogP contribution >= 0.6 is 12.2 Å². The van der Waals surface area contributed by atoms with E-state index in [-0.39, 0.29) is 10.8 Å². The quantitative estimate of drug-likeness (QED) is 0.614. The highest BCUT2D eigenvalue weighted by Crippen LogP contribution is 2.13. The van der Waals surface area contributed by atoms with E-state index in [1.165, 1.54) is 12.1 Å². The average Bonchev–Trinajstić information content (AvgIpc) is 2.24. The maximum atomic E-state index is 13.0. The Kier molecular flexibility index (Phi) is 5.35. The fraction of sp³-hybridized carbons (Fsp3) is 0.417. The van der Waals surface area contributed by atoms with Gasteiger partial charge in [0.2, 0.25) is 0 Å². The summed E-state index contributed by atoms with van der Waals surface area (Å²) in [5.41, 5.74) is 6.95. The number of unbranched alkanes of at least 4 members (excludes halogenated alkanes) is 1. The van der Waals surface area contributed by atoms with E-state index < -0.39 is 0 Å². The van der Waals surface area contributed by atoms with Gasteiger partial charge in [-0.1, -0.05) is 25.6 Å². The number of hydrogen-bond acceptors (Lipinski definition) is 2. The number of nitrogens with two attached hydrogens (primary N) is 1. The number of rotatable bonds is 6. The zero-order valence-corrected chi connectivity index (χ0v) is 10.1. The summed E-state index contributed by atoms with van der Waals surface area (Å²) < 4.78 is 18.5. The molecule has 16 heavy (non-hydrogen) atoms. The topological polar surface area (TPSA) is 35.2 Å². The normalized spacial score (nSPS) is 10.4. The van der Waals surface area contributed by atoms with E-state index >= 15 is 0 Å². The smallest absolute Gasteiger partial charge is 0.123 e. The van der Waals surface area contributed by atoms with Gasteiger partial charge in [0.25, 0.3) is 0 Å². The maximum Gasteiger partial charge on any atom is 0.123 e. The molecule has 0 fully saturated rings. The molecule has 88 valence electrons. The molecule has 0 heterocycles. The van der Waals surface area contributed by atoms with Gasteiger partial charge in [-0.15, -0.1) is 0 Å². The van der Waals surface area contributed by atoms with Crippen LogP contribution in [-0.2, 0) is 11.3 Å². The molecule has 0 unspecified atom stereocenters. The Hall–Kier alpha value is -1.00. The molecule has 0 aliphatic rings. The van der Waals surface area contributed by atoms with Gasteiger partial charge in [-0.2, -0.15) is 0 Å². The Bertz CT molecular complexity index is 368. The van der Waals surface area contributed by atoms with E-state index in [1.54, 1.807) is 6.07 Å². The van der Waals surface area contributed by atoms with Crippen LogP contribution in [-0.4, -0.2) is 11.6 Å². The second kappa shape index (κ2) is 6.55. The highest BCUT2D eigenvalue weighted by atomic mass is 32.1. The Labute approximate surface area is 101 Å². The van der Waals surface area contributed by atoms with Gasteiger partial charge in [0.15, 0.2) is 0 Å². The monoisotopic (exact) mass is 241 g/mol. The van der Waals surface area contributed by atoms with E-state index in [0.29, 0.717) is 24.3 Å². The van der Waals surface area contributed by atoms with Crippen molar-refractivity contribution in [3.63, 3.8) is 0 Å². The van der Waals surface area contributed by atoms with Gasteiger partial charge in [0.05, 0.1) is 6.61 Å². The first-order chi connectivity index (χ1) is 7.65. The number of hydrogen-bond donors (Lipinski definition) is 1. The van der Waals surface area contributed by atoms with Crippen molar-refractivity contribution in [2.24, 2.45) is 5.73 Å². The zero-order chi connectivity index (χ0) is 12.0. The van der Waals surface area contributed by atoms with Crippen molar-refractivity contribution >= 4 is 17.2 Å². The number of halogens is 1. The summed E-state index contributed by atoms with van der Waals surface area (Å²) in [6, 6.07) is 4.36. The summed E-state index contributed by atoms with van der Waals surface area (Å²) in [5.74, 6) is -0.297. The van der Waals surface area contributed by atoms with Crippen LogP contribution in [0.4, 0.5) is 4.39 Å². The van der Waals surface area contributed by atoms with Crippen LogP contribution in [0.5, 0.6) is 0 Å². The van der Waals surface area contributed by atoms with Crippen molar-refractivity contribution < 1.29 is 9.13 Å². The minimum absolute atomic E-state index is 0.272. The van der Waals surface area contributed by atoms with Crippen molar-refractivity contribution in [3.05, 3.63) is 35.1 Å². The van der Waals surface area contributed by atoms with Gasteiger partial charge in [-0.25, -0.2) is 4.39 Å². The lowest BCUT2D eigenvalue weighted by molar-refractivity contribution is 0.118. The van der Waals surface area contributed by atoms with Crippen LogP contribution in [0.15, 0.2) is 18.2 Å². The number of ether oxygens (including phenoxy) is 1. The minimum atomic E-state index is -0.297. The lowest BCUT2D eigenvalue weighted by Crippen LogP contribution is -2.13. The predicted molar refractivity (Wildman–Crippen MR) is 66.9 cm³/mol.